The molecule has 0 aliphatic carbocycles. The van der Waals surface area contributed by atoms with Crippen LogP contribution in [0.2, 0.25) is 5.02 Å². The third-order valence-corrected chi connectivity index (χ3v) is 4.05. The maximum absolute atomic E-state index is 11.8. The fourth-order valence-corrected chi connectivity index (χ4v) is 2.74. The molecule has 4 heteroatoms. The van der Waals surface area contributed by atoms with E-state index >= 15 is 0 Å². The summed E-state index contributed by atoms with van der Waals surface area (Å²) in [5.41, 5.74) is 1.09. The first-order valence-electron chi connectivity index (χ1n) is 6.20. The van der Waals surface area contributed by atoms with Crippen LogP contribution in [0.1, 0.15) is 25.3 Å². The van der Waals surface area contributed by atoms with Crippen LogP contribution >= 0.6 is 23.4 Å². The predicted octanol–water partition coefficient (Wildman–Crippen LogP) is 3.83. The Balaban J connectivity index is 2.29. The highest BCUT2D eigenvalue weighted by atomic mass is 35.5. The quantitative estimate of drug-likeness (QED) is 0.759. The van der Waals surface area contributed by atoms with Gasteiger partial charge in [0.1, 0.15) is 0 Å². The fourth-order valence-electron chi connectivity index (χ4n) is 1.49. The predicted molar refractivity (Wildman–Crippen MR) is 80.2 cm³/mol. The summed E-state index contributed by atoms with van der Waals surface area (Å²) < 4.78 is 0. The Morgan fingerprint density at radius 3 is 2.78 bits per heavy atom. The second-order valence-electron chi connectivity index (χ2n) is 4.25. The van der Waals surface area contributed by atoms with Gasteiger partial charge < -0.3 is 4.90 Å². The number of benzene rings is 1. The summed E-state index contributed by atoms with van der Waals surface area (Å²) in [5.74, 6) is 1.50. The maximum Gasteiger partial charge on any atom is 0.232 e. The molecule has 1 aromatic rings. The van der Waals surface area contributed by atoms with Crippen LogP contribution in [-0.4, -0.2) is 30.2 Å². The van der Waals surface area contributed by atoms with Crippen molar-refractivity contribution in [1.29, 1.82) is 0 Å². The summed E-state index contributed by atoms with van der Waals surface area (Å²) in [6.07, 6.45) is 2.18. The number of hydrogen-bond donors (Lipinski definition) is 0. The molecule has 0 heterocycles. The van der Waals surface area contributed by atoms with Crippen molar-refractivity contribution in [2.45, 2.75) is 25.5 Å². The van der Waals surface area contributed by atoms with Crippen LogP contribution in [0.15, 0.2) is 24.3 Å². The zero-order chi connectivity index (χ0) is 13.4. The molecule has 2 nitrogen and oxygen atoms in total. The molecule has 0 saturated carbocycles. The molecule has 0 fully saturated rings. The molecule has 0 bridgehead atoms. The van der Waals surface area contributed by atoms with Gasteiger partial charge in [-0.15, -0.1) is 11.8 Å². The topological polar surface area (TPSA) is 20.3 Å². The lowest BCUT2D eigenvalue weighted by Crippen LogP contribution is -2.29. The lowest BCUT2D eigenvalue weighted by atomic mass is 10.2. The number of hydrogen-bond acceptors (Lipinski definition) is 2. The minimum atomic E-state index is 0.195. The SMILES string of the molecule is CCCCN(C)C(=O)CSCc1ccccc1Cl. The van der Waals surface area contributed by atoms with Crippen molar-refractivity contribution in [2.24, 2.45) is 0 Å². The second kappa shape index (κ2) is 8.44. The maximum atomic E-state index is 11.8. The number of thioether (sulfide) groups is 1. The third kappa shape index (κ3) is 5.32. The molecular weight excluding hydrogens is 266 g/mol. The van der Waals surface area contributed by atoms with E-state index in [9.17, 15) is 4.79 Å². The molecule has 100 valence electrons. The van der Waals surface area contributed by atoms with Gasteiger partial charge in [-0.25, -0.2) is 0 Å². The molecule has 18 heavy (non-hydrogen) atoms. The number of nitrogens with zero attached hydrogens (tertiary/aromatic N) is 1. The van der Waals surface area contributed by atoms with Gasteiger partial charge in [-0.05, 0) is 18.1 Å². The summed E-state index contributed by atoms with van der Waals surface area (Å²) in [6, 6.07) is 7.77. The molecule has 1 rings (SSSR count). The Labute approximate surface area is 119 Å². The van der Waals surface area contributed by atoms with Crippen molar-refractivity contribution in [3.63, 3.8) is 0 Å². The molecule has 0 N–H and O–H groups in total. The molecule has 0 saturated heterocycles. The number of halogens is 1. The largest absolute Gasteiger partial charge is 0.345 e. The summed E-state index contributed by atoms with van der Waals surface area (Å²) in [6.45, 7) is 2.98. The van der Waals surface area contributed by atoms with Gasteiger partial charge in [0, 0.05) is 24.4 Å². The molecule has 0 atom stereocenters. The molecule has 0 aliphatic heterocycles. The van der Waals surface area contributed by atoms with Crippen LogP contribution < -0.4 is 0 Å². The Morgan fingerprint density at radius 2 is 2.11 bits per heavy atom. The first-order chi connectivity index (χ1) is 8.65. The molecule has 0 unspecified atom stereocenters. The van der Waals surface area contributed by atoms with Gasteiger partial charge in [0.2, 0.25) is 5.91 Å². The van der Waals surface area contributed by atoms with Crippen molar-refractivity contribution in [1.82, 2.24) is 4.90 Å². The van der Waals surface area contributed by atoms with Crippen molar-refractivity contribution in [2.75, 3.05) is 19.3 Å². The Kier molecular flexibility index (Phi) is 7.21. The van der Waals surface area contributed by atoms with Crippen LogP contribution in [0, 0.1) is 0 Å². The minimum Gasteiger partial charge on any atom is -0.345 e. The Morgan fingerprint density at radius 1 is 1.39 bits per heavy atom. The lowest BCUT2D eigenvalue weighted by Gasteiger charge is -2.16. The molecule has 1 aromatic carbocycles. The number of unbranched alkanes of at least 4 members (excludes halogenated alkanes) is 1. The van der Waals surface area contributed by atoms with E-state index in [4.69, 9.17) is 11.6 Å². The van der Waals surface area contributed by atoms with Crippen LogP contribution in [-0.2, 0) is 10.5 Å². The highest BCUT2D eigenvalue weighted by molar-refractivity contribution is 7.99. The molecule has 0 aromatic heterocycles. The van der Waals surface area contributed by atoms with Gasteiger partial charge in [0.15, 0.2) is 0 Å². The summed E-state index contributed by atoms with van der Waals surface area (Å²) in [5, 5.41) is 0.775. The van der Waals surface area contributed by atoms with E-state index in [-0.39, 0.29) is 5.91 Å². The van der Waals surface area contributed by atoms with Gasteiger partial charge in [-0.1, -0.05) is 43.1 Å². The van der Waals surface area contributed by atoms with Gasteiger partial charge >= 0.3 is 0 Å². The van der Waals surface area contributed by atoms with Gasteiger partial charge in [0.05, 0.1) is 5.75 Å². The number of carbonyl (C=O) groups excluding carboxylic acids is 1. The first kappa shape index (κ1) is 15.4. The van der Waals surface area contributed by atoms with Crippen molar-refractivity contribution >= 4 is 29.3 Å². The van der Waals surface area contributed by atoms with E-state index in [0.29, 0.717) is 5.75 Å². The molecule has 0 spiro atoms. The number of rotatable bonds is 7. The van der Waals surface area contributed by atoms with E-state index < -0.39 is 0 Å². The van der Waals surface area contributed by atoms with Crippen LogP contribution in [0.3, 0.4) is 0 Å². The summed E-state index contributed by atoms with van der Waals surface area (Å²) in [7, 11) is 1.87. The van der Waals surface area contributed by atoms with E-state index in [1.807, 2.05) is 36.2 Å². The average Bonchev–Trinajstić information content (AvgIpc) is 2.38. The molecule has 0 aliphatic rings. The van der Waals surface area contributed by atoms with Gasteiger partial charge in [0.25, 0.3) is 0 Å². The second-order valence-corrected chi connectivity index (χ2v) is 5.65. The standard InChI is InChI=1S/C14H20ClNOS/c1-3-4-9-16(2)14(17)11-18-10-12-7-5-6-8-13(12)15/h5-8H,3-4,9-11H2,1-2H3. The average molecular weight is 286 g/mol. The summed E-state index contributed by atoms with van der Waals surface area (Å²) in [4.78, 5) is 13.6. The molecule has 1 amide bonds. The van der Waals surface area contributed by atoms with E-state index in [1.54, 1.807) is 11.8 Å². The highest BCUT2D eigenvalue weighted by Gasteiger charge is 2.08. The van der Waals surface area contributed by atoms with E-state index in [1.165, 1.54) is 0 Å². The van der Waals surface area contributed by atoms with Crippen molar-refractivity contribution in [3.8, 4) is 0 Å². The lowest BCUT2D eigenvalue weighted by molar-refractivity contribution is -0.127. The molecule has 0 radical (unpaired) electrons. The Hall–Kier alpha value is -0.670. The van der Waals surface area contributed by atoms with Crippen molar-refractivity contribution < 1.29 is 4.79 Å². The zero-order valence-corrected chi connectivity index (χ0v) is 12.6. The van der Waals surface area contributed by atoms with Crippen molar-refractivity contribution in [3.05, 3.63) is 34.9 Å². The number of carbonyl (C=O) groups is 1. The third-order valence-electron chi connectivity index (χ3n) is 2.71. The number of amides is 1. The fraction of sp³-hybridized carbons (Fsp3) is 0.500. The smallest absolute Gasteiger partial charge is 0.232 e. The van der Waals surface area contributed by atoms with E-state index in [2.05, 4.69) is 6.92 Å². The monoisotopic (exact) mass is 285 g/mol. The van der Waals surface area contributed by atoms with Crippen LogP contribution in [0.4, 0.5) is 0 Å². The van der Waals surface area contributed by atoms with Crippen LogP contribution in [0.25, 0.3) is 0 Å². The molecular formula is C14H20ClNOS. The Bertz CT molecular complexity index is 384. The first-order valence-corrected chi connectivity index (χ1v) is 7.73. The van der Waals surface area contributed by atoms with Gasteiger partial charge in [-0.2, -0.15) is 0 Å². The highest BCUT2D eigenvalue weighted by Crippen LogP contribution is 2.20. The van der Waals surface area contributed by atoms with E-state index in [0.717, 1.165) is 35.7 Å². The van der Waals surface area contributed by atoms with Gasteiger partial charge in [-0.3, -0.25) is 4.79 Å². The normalized spacial score (nSPS) is 10.4. The summed E-state index contributed by atoms with van der Waals surface area (Å²) >= 11 is 7.68. The minimum absolute atomic E-state index is 0.195. The zero-order valence-electron chi connectivity index (χ0n) is 11.0. The van der Waals surface area contributed by atoms with Crippen LogP contribution in [0.5, 0.6) is 0 Å².